The highest BCUT2D eigenvalue weighted by Crippen LogP contribution is 2.42. The number of rotatable bonds is 5. The Kier molecular flexibility index (Phi) is 6.28. The highest BCUT2D eigenvalue weighted by Gasteiger charge is 2.35. The third kappa shape index (κ3) is 4.02. The van der Waals surface area contributed by atoms with Gasteiger partial charge in [0.15, 0.2) is 11.5 Å². The molecule has 0 fully saturated rings. The van der Waals surface area contributed by atoms with E-state index in [0.29, 0.717) is 36.4 Å². The molecule has 1 atom stereocenters. The van der Waals surface area contributed by atoms with Crippen LogP contribution in [0.15, 0.2) is 34.8 Å². The van der Waals surface area contributed by atoms with Gasteiger partial charge in [0, 0.05) is 23.0 Å². The van der Waals surface area contributed by atoms with Crippen molar-refractivity contribution in [3.05, 3.63) is 57.3 Å². The van der Waals surface area contributed by atoms with Gasteiger partial charge in [-0.1, -0.05) is 29.8 Å². The molecule has 0 aliphatic carbocycles. The highest BCUT2D eigenvalue weighted by atomic mass is 79.9. The third-order valence-corrected chi connectivity index (χ3v) is 5.52. The Hall–Kier alpha value is -2.08. The first-order valence-corrected chi connectivity index (χ1v) is 10.1. The maximum absolute atomic E-state index is 14.9. The van der Waals surface area contributed by atoms with E-state index in [1.807, 2.05) is 26.0 Å². The number of hydrogen-bond donors (Lipinski definition) is 0. The number of halogens is 2. The van der Waals surface area contributed by atoms with E-state index in [0.717, 1.165) is 15.6 Å². The third-order valence-electron chi connectivity index (χ3n) is 5.03. The molecule has 0 bridgehead atoms. The van der Waals surface area contributed by atoms with Crippen LogP contribution in [-0.2, 0) is 11.2 Å². The summed E-state index contributed by atoms with van der Waals surface area (Å²) < 4.78 is 26.5. The van der Waals surface area contributed by atoms with Gasteiger partial charge in [-0.3, -0.25) is 4.79 Å². The second-order valence-electron chi connectivity index (χ2n) is 7.41. The van der Waals surface area contributed by atoms with Gasteiger partial charge in [0.05, 0.1) is 20.3 Å². The summed E-state index contributed by atoms with van der Waals surface area (Å²) in [6.07, 6.45) is 1.11. The van der Waals surface area contributed by atoms with Crippen molar-refractivity contribution in [1.29, 1.82) is 0 Å². The summed E-state index contributed by atoms with van der Waals surface area (Å²) in [6, 6.07) is 8.14. The molecular formula is C22H25BrFNO3. The second kappa shape index (κ2) is 8.52. The summed E-state index contributed by atoms with van der Waals surface area (Å²) >= 11 is 3.44. The zero-order valence-electron chi connectivity index (χ0n) is 16.6. The Bertz CT molecular complexity index is 884. The first-order valence-electron chi connectivity index (χ1n) is 9.35. The molecule has 1 aliphatic heterocycles. The zero-order chi connectivity index (χ0) is 20.4. The van der Waals surface area contributed by atoms with Crippen LogP contribution < -0.4 is 9.47 Å². The van der Waals surface area contributed by atoms with Crippen LogP contribution in [0, 0.1) is 11.7 Å². The monoisotopic (exact) mass is 449 g/mol. The van der Waals surface area contributed by atoms with Gasteiger partial charge in [-0.15, -0.1) is 0 Å². The van der Waals surface area contributed by atoms with Crippen LogP contribution in [0.1, 0.15) is 43.0 Å². The molecule has 0 N–H and O–H groups in total. The molecular weight excluding hydrogens is 425 g/mol. The lowest BCUT2D eigenvalue weighted by Crippen LogP contribution is -2.41. The second-order valence-corrected chi connectivity index (χ2v) is 8.33. The first-order chi connectivity index (χ1) is 13.3. The summed E-state index contributed by atoms with van der Waals surface area (Å²) in [4.78, 5) is 14.8. The van der Waals surface area contributed by atoms with E-state index < -0.39 is 6.04 Å². The number of hydrogen-bond acceptors (Lipinski definition) is 3. The fourth-order valence-corrected chi connectivity index (χ4v) is 4.12. The number of benzene rings is 2. The van der Waals surface area contributed by atoms with E-state index in [9.17, 15) is 9.18 Å². The van der Waals surface area contributed by atoms with Crippen molar-refractivity contribution in [3.63, 3.8) is 0 Å². The molecule has 0 aromatic heterocycles. The van der Waals surface area contributed by atoms with Gasteiger partial charge in [-0.2, -0.15) is 0 Å². The number of nitrogens with zero attached hydrogens (tertiary/aromatic N) is 1. The molecule has 1 unspecified atom stereocenters. The Balaban J connectivity index is 2.18. The topological polar surface area (TPSA) is 38.8 Å². The average Bonchev–Trinajstić information content (AvgIpc) is 2.67. The van der Waals surface area contributed by atoms with Crippen molar-refractivity contribution in [2.45, 2.75) is 32.7 Å². The molecule has 0 saturated carbocycles. The van der Waals surface area contributed by atoms with Crippen LogP contribution in [0.3, 0.4) is 0 Å². The van der Waals surface area contributed by atoms with Crippen LogP contribution in [0.25, 0.3) is 0 Å². The van der Waals surface area contributed by atoms with Crippen molar-refractivity contribution in [3.8, 4) is 11.5 Å². The SMILES string of the molecule is COc1cc2c(cc1OC)C(c1cc(Br)ccc1F)N(C(=O)CC(C)C)CC2. The van der Waals surface area contributed by atoms with E-state index in [2.05, 4.69) is 15.9 Å². The molecule has 150 valence electrons. The van der Waals surface area contributed by atoms with E-state index >= 15 is 0 Å². The Morgan fingerprint density at radius 1 is 1.18 bits per heavy atom. The minimum atomic E-state index is -0.507. The molecule has 1 amide bonds. The summed E-state index contributed by atoms with van der Waals surface area (Å²) in [5.74, 6) is 1.13. The smallest absolute Gasteiger partial charge is 0.223 e. The Morgan fingerprint density at radius 2 is 1.86 bits per heavy atom. The molecule has 2 aromatic rings. The predicted molar refractivity (Wildman–Crippen MR) is 110 cm³/mol. The lowest BCUT2D eigenvalue weighted by Gasteiger charge is -2.38. The molecule has 0 radical (unpaired) electrons. The lowest BCUT2D eigenvalue weighted by atomic mass is 9.87. The Morgan fingerprint density at radius 3 is 2.50 bits per heavy atom. The highest BCUT2D eigenvalue weighted by molar-refractivity contribution is 9.10. The number of methoxy groups -OCH3 is 2. The zero-order valence-corrected chi connectivity index (χ0v) is 18.2. The van der Waals surface area contributed by atoms with Crippen LogP contribution >= 0.6 is 15.9 Å². The predicted octanol–water partition coefficient (Wildman–Crippen LogP) is 5.13. The van der Waals surface area contributed by atoms with E-state index in [-0.39, 0.29) is 17.6 Å². The van der Waals surface area contributed by atoms with Crippen LogP contribution in [-0.4, -0.2) is 31.6 Å². The summed E-state index contributed by atoms with van der Waals surface area (Å²) in [5, 5.41) is 0. The van der Waals surface area contributed by atoms with Gasteiger partial charge in [-0.05, 0) is 53.8 Å². The molecule has 6 heteroatoms. The maximum Gasteiger partial charge on any atom is 0.223 e. The average molecular weight is 450 g/mol. The van der Waals surface area contributed by atoms with Crippen LogP contribution in [0.5, 0.6) is 11.5 Å². The van der Waals surface area contributed by atoms with Gasteiger partial charge >= 0.3 is 0 Å². The van der Waals surface area contributed by atoms with Gasteiger partial charge in [0.25, 0.3) is 0 Å². The molecule has 0 saturated heterocycles. The molecule has 4 nitrogen and oxygen atoms in total. The minimum Gasteiger partial charge on any atom is -0.493 e. The maximum atomic E-state index is 14.9. The Labute approximate surface area is 173 Å². The van der Waals surface area contributed by atoms with Crippen molar-refractivity contribution < 1.29 is 18.7 Å². The molecule has 0 spiro atoms. The normalized spacial score (nSPS) is 16.1. The molecule has 1 aliphatic rings. The van der Waals surface area contributed by atoms with Gasteiger partial charge in [0.2, 0.25) is 5.91 Å². The summed E-state index contributed by atoms with van der Waals surface area (Å²) in [6.45, 7) is 4.56. The number of fused-ring (bicyclic) bond motifs is 1. The van der Waals surface area contributed by atoms with E-state index in [1.165, 1.54) is 6.07 Å². The van der Waals surface area contributed by atoms with Crippen LogP contribution in [0.4, 0.5) is 4.39 Å². The number of amides is 1. The van der Waals surface area contributed by atoms with Gasteiger partial charge in [0.1, 0.15) is 5.82 Å². The molecule has 1 heterocycles. The van der Waals surface area contributed by atoms with Crippen molar-refractivity contribution in [2.24, 2.45) is 5.92 Å². The van der Waals surface area contributed by atoms with E-state index in [4.69, 9.17) is 9.47 Å². The first kappa shape index (κ1) is 20.6. The number of carbonyl (C=O) groups is 1. The minimum absolute atomic E-state index is 0.0276. The molecule has 28 heavy (non-hydrogen) atoms. The van der Waals surface area contributed by atoms with Crippen molar-refractivity contribution >= 4 is 21.8 Å². The van der Waals surface area contributed by atoms with Gasteiger partial charge < -0.3 is 14.4 Å². The fourth-order valence-electron chi connectivity index (χ4n) is 3.74. The van der Waals surface area contributed by atoms with Gasteiger partial charge in [-0.25, -0.2) is 4.39 Å². The van der Waals surface area contributed by atoms with Crippen LogP contribution in [0.2, 0.25) is 0 Å². The summed E-state index contributed by atoms with van der Waals surface area (Å²) in [7, 11) is 3.17. The quantitative estimate of drug-likeness (QED) is 0.635. The molecule has 2 aromatic carbocycles. The summed E-state index contributed by atoms with van der Waals surface area (Å²) in [5.41, 5.74) is 2.38. The molecule has 3 rings (SSSR count). The standard InChI is InChI=1S/C22H25BrFNO3/c1-13(2)9-21(26)25-8-7-14-10-19(27-3)20(28-4)12-16(14)22(25)17-11-15(23)5-6-18(17)24/h5-6,10-13,22H,7-9H2,1-4H3. The van der Waals surface area contributed by atoms with E-state index in [1.54, 1.807) is 31.3 Å². The van der Waals surface area contributed by atoms with Crippen molar-refractivity contribution in [2.75, 3.05) is 20.8 Å². The fraction of sp³-hybridized carbons (Fsp3) is 0.409. The van der Waals surface area contributed by atoms with Crippen molar-refractivity contribution in [1.82, 2.24) is 4.90 Å². The lowest BCUT2D eigenvalue weighted by molar-refractivity contribution is -0.134. The largest absolute Gasteiger partial charge is 0.493 e. The number of ether oxygens (including phenoxy) is 2. The number of carbonyl (C=O) groups excluding carboxylic acids is 1.